The van der Waals surface area contributed by atoms with Crippen molar-refractivity contribution in [3.05, 3.63) is 44.7 Å². The van der Waals surface area contributed by atoms with E-state index >= 15 is 0 Å². The van der Waals surface area contributed by atoms with E-state index in [1.54, 1.807) is 18.2 Å². The van der Waals surface area contributed by atoms with Crippen molar-refractivity contribution in [2.45, 2.75) is 32.1 Å². The number of hydrogen-bond donors (Lipinski definition) is 3. The number of benzene rings is 1. The van der Waals surface area contributed by atoms with Gasteiger partial charge in [-0.2, -0.15) is 4.98 Å². The van der Waals surface area contributed by atoms with Gasteiger partial charge in [0.25, 0.3) is 5.56 Å². The molecule has 2 aliphatic heterocycles. The molecular formula is C19H20ClN5O3. The fraction of sp³-hybridized carbons (Fsp3) is 0.368. The Labute approximate surface area is 166 Å². The predicted octanol–water partition coefficient (Wildman–Crippen LogP) is 2.40. The van der Waals surface area contributed by atoms with E-state index in [4.69, 9.17) is 11.6 Å². The minimum Gasteiger partial charge on any atom is -0.342 e. The summed E-state index contributed by atoms with van der Waals surface area (Å²) in [5, 5.41) is 5.90. The first-order valence-corrected chi connectivity index (χ1v) is 9.56. The highest BCUT2D eigenvalue weighted by Crippen LogP contribution is 2.31. The summed E-state index contributed by atoms with van der Waals surface area (Å²) in [5.41, 5.74) is 1.15. The van der Waals surface area contributed by atoms with Crippen LogP contribution in [0.5, 0.6) is 0 Å². The number of aromatic amines is 1. The summed E-state index contributed by atoms with van der Waals surface area (Å²) in [6.45, 7) is 3.44. The quantitative estimate of drug-likeness (QED) is 0.732. The predicted molar refractivity (Wildman–Crippen MR) is 107 cm³/mol. The smallest absolute Gasteiger partial charge is 0.258 e. The first-order chi connectivity index (χ1) is 13.4. The molecule has 0 aliphatic carbocycles. The van der Waals surface area contributed by atoms with Crippen LogP contribution in [0, 0.1) is 6.92 Å². The Morgan fingerprint density at radius 3 is 2.79 bits per heavy atom. The van der Waals surface area contributed by atoms with E-state index in [0.29, 0.717) is 16.7 Å². The van der Waals surface area contributed by atoms with Crippen molar-refractivity contribution in [3.63, 3.8) is 0 Å². The highest BCUT2D eigenvalue weighted by molar-refractivity contribution is 6.31. The molecule has 0 bridgehead atoms. The lowest BCUT2D eigenvalue weighted by molar-refractivity contribution is -0.123. The van der Waals surface area contributed by atoms with Crippen LogP contribution in [0.3, 0.4) is 0 Å². The van der Waals surface area contributed by atoms with Gasteiger partial charge in [-0.1, -0.05) is 17.7 Å². The number of fused-ring (bicyclic) bond motifs is 1. The molecule has 146 valence electrons. The van der Waals surface area contributed by atoms with Gasteiger partial charge < -0.3 is 15.5 Å². The number of nitrogens with zero attached hydrogens (tertiary/aromatic N) is 2. The summed E-state index contributed by atoms with van der Waals surface area (Å²) >= 11 is 6.01. The topological polar surface area (TPSA) is 107 Å². The minimum absolute atomic E-state index is 0.119. The molecule has 4 rings (SSSR count). The Morgan fingerprint density at radius 2 is 2.04 bits per heavy atom. The van der Waals surface area contributed by atoms with Crippen molar-refractivity contribution < 1.29 is 9.59 Å². The Bertz CT molecular complexity index is 1010. The molecule has 1 aromatic heterocycles. The van der Waals surface area contributed by atoms with Gasteiger partial charge in [0.05, 0.1) is 11.5 Å². The zero-order chi connectivity index (χ0) is 19.8. The first kappa shape index (κ1) is 18.5. The number of aromatic nitrogens is 2. The monoisotopic (exact) mass is 401 g/mol. The third kappa shape index (κ3) is 3.47. The van der Waals surface area contributed by atoms with E-state index in [1.165, 1.54) is 0 Å². The number of hydrogen-bond acceptors (Lipinski definition) is 5. The molecule has 28 heavy (non-hydrogen) atoms. The van der Waals surface area contributed by atoms with Gasteiger partial charge >= 0.3 is 0 Å². The van der Waals surface area contributed by atoms with Crippen LogP contribution in [-0.4, -0.2) is 34.9 Å². The van der Waals surface area contributed by atoms with Crippen molar-refractivity contribution in [1.82, 2.24) is 9.97 Å². The number of anilines is 3. The number of nitrogens with one attached hydrogen (secondary N) is 3. The van der Waals surface area contributed by atoms with Gasteiger partial charge in [-0.15, -0.1) is 0 Å². The molecule has 2 amide bonds. The molecule has 1 atom stereocenters. The second-order valence-electron chi connectivity index (χ2n) is 7.10. The molecule has 8 nitrogen and oxygen atoms in total. The molecule has 0 spiro atoms. The molecule has 0 unspecified atom stereocenters. The summed E-state index contributed by atoms with van der Waals surface area (Å²) < 4.78 is 0. The summed E-state index contributed by atoms with van der Waals surface area (Å²) in [4.78, 5) is 47.0. The van der Waals surface area contributed by atoms with Gasteiger partial charge in [0.15, 0.2) is 0 Å². The van der Waals surface area contributed by atoms with E-state index in [0.717, 1.165) is 31.5 Å². The molecular weight excluding hydrogens is 382 g/mol. The van der Waals surface area contributed by atoms with Crippen LogP contribution in [0.15, 0.2) is 23.0 Å². The minimum atomic E-state index is -0.925. The molecule has 9 heteroatoms. The molecule has 2 aliphatic rings. The van der Waals surface area contributed by atoms with E-state index < -0.39 is 17.4 Å². The number of amides is 2. The molecule has 1 saturated heterocycles. The number of halogens is 1. The van der Waals surface area contributed by atoms with Crippen molar-refractivity contribution in [2.24, 2.45) is 0 Å². The zero-order valence-electron chi connectivity index (χ0n) is 15.3. The van der Waals surface area contributed by atoms with Gasteiger partial charge in [-0.05, 0) is 37.5 Å². The van der Waals surface area contributed by atoms with Gasteiger partial charge in [0.2, 0.25) is 17.8 Å². The second-order valence-corrected chi connectivity index (χ2v) is 7.54. The Balaban J connectivity index is 1.68. The molecule has 1 fully saturated rings. The first-order valence-electron chi connectivity index (χ1n) is 9.18. The molecule has 3 N–H and O–H groups in total. The standard InChI is InChI=1S/C19H20ClN5O3/c1-10-4-5-11(20)8-13(10)21-17(27)12-9-14(26)22-16-15(12)18(28)24-19(23-16)25-6-2-3-7-25/h4-5,8,12H,2-3,6-7,9H2,1H3,(H,21,27)(H2,22,23,24,26,28)/t12-/m1/s1. The number of carbonyl (C=O) groups excluding carboxylic acids is 2. The van der Waals surface area contributed by atoms with Gasteiger partial charge in [-0.25, -0.2) is 0 Å². The number of H-pyrrole nitrogens is 1. The van der Waals surface area contributed by atoms with Crippen LogP contribution < -0.4 is 21.1 Å². The van der Waals surface area contributed by atoms with Crippen LogP contribution in [-0.2, 0) is 9.59 Å². The Morgan fingerprint density at radius 1 is 1.29 bits per heavy atom. The second kappa shape index (κ2) is 7.27. The molecule has 2 aromatic rings. The maximum absolute atomic E-state index is 12.9. The molecule has 1 aromatic carbocycles. The summed E-state index contributed by atoms with van der Waals surface area (Å²) in [7, 11) is 0. The molecule has 0 radical (unpaired) electrons. The lowest BCUT2D eigenvalue weighted by atomic mass is 9.92. The zero-order valence-corrected chi connectivity index (χ0v) is 16.1. The van der Waals surface area contributed by atoms with Crippen molar-refractivity contribution in [2.75, 3.05) is 28.6 Å². The van der Waals surface area contributed by atoms with E-state index in [1.807, 2.05) is 11.8 Å². The fourth-order valence-corrected chi connectivity index (χ4v) is 3.78. The van der Waals surface area contributed by atoms with Crippen LogP contribution in [0.2, 0.25) is 5.02 Å². The van der Waals surface area contributed by atoms with Crippen LogP contribution in [0.4, 0.5) is 17.5 Å². The third-order valence-electron chi connectivity index (χ3n) is 5.12. The normalized spacial score (nSPS) is 18.6. The number of aryl methyl sites for hydroxylation is 1. The maximum Gasteiger partial charge on any atom is 0.258 e. The van der Waals surface area contributed by atoms with E-state index in [9.17, 15) is 14.4 Å². The van der Waals surface area contributed by atoms with Crippen LogP contribution in [0.25, 0.3) is 0 Å². The summed E-state index contributed by atoms with van der Waals surface area (Å²) in [6, 6.07) is 5.15. The number of rotatable bonds is 3. The largest absolute Gasteiger partial charge is 0.342 e. The van der Waals surface area contributed by atoms with Gasteiger partial charge in [-0.3, -0.25) is 19.4 Å². The lowest BCUT2D eigenvalue weighted by Gasteiger charge is -2.25. The average Bonchev–Trinajstić information content (AvgIpc) is 3.18. The summed E-state index contributed by atoms with van der Waals surface area (Å²) in [6.07, 6.45) is 1.93. The van der Waals surface area contributed by atoms with Crippen molar-refractivity contribution in [1.29, 1.82) is 0 Å². The van der Waals surface area contributed by atoms with Crippen molar-refractivity contribution >= 4 is 40.9 Å². The van der Waals surface area contributed by atoms with E-state index in [2.05, 4.69) is 20.6 Å². The Hall–Kier alpha value is -2.87. The van der Waals surface area contributed by atoms with Crippen LogP contribution in [0.1, 0.15) is 36.3 Å². The van der Waals surface area contributed by atoms with Gasteiger partial charge in [0, 0.05) is 30.2 Å². The van der Waals surface area contributed by atoms with Crippen LogP contribution >= 0.6 is 11.6 Å². The van der Waals surface area contributed by atoms with Gasteiger partial charge in [0.1, 0.15) is 5.82 Å². The molecule has 3 heterocycles. The Kier molecular flexibility index (Phi) is 4.80. The molecule has 0 saturated carbocycles. The highest BCUT2D eigenvalue weighted by atomic mass is 35.5. The third-order valence-corrected chi connectivity index (χ3v) is 5.35. The SMILES string of the molecule is Cc1ccc(Cl)cc1NC(=O)[C@@H]1CC(=O)Nc2nc(N3CCCC3)[nH]c(=O)c21. The number of carbonyl (C=O) groups is 2. The van der Waals surface area contributed by atoms with Crippen molar-refractivity contribution in [3.8, 4) is 0 Å². The fourth-order valence-electron chi connectivity index (χ4n) is 3.61. The van der Waals surface area contributed by atoms with E-state index in [-0.39, 0.29) is 23.7 Å². The lowest BCUT2D eigenvalue weighted by Crippen LogP contribution is -2.37. The average molecular weight is 402 g/mol. The summed E-state index contributed by atoms with van der Waals surface area (Å²) in [5.74, 6) is -1.13. The maximum atomic E-state index is 12.9. The highest BCUT2D eigenvalue weighted by Gasteiger charge is 2.35.